The number of fused-ring (bicyclic) bond motifs is 1. The van der Waals surface area contributed by atoms with Gasteiger partial charge in [-0.15, -0.1) is 12.4 Å². The van der Waals surface area contributed by atoms with Crippen molar-refractivity contribution in [1.29, 1.82) is 0 Å². The van der Waals surface area contributed by atoms with E-state index >= 15 is 0 Å². The monoisotopic (exact) mass is 266 g/mol. The van der Waals surface area contributed by atoms with Gasteiger partial charge >= 0.3 is 0 Å². The van der Waals surface area contributed by atoms with Gasteiger partial charge in [-0.1, -0.05) is 24.3 Å². The van der Waals surface area contributed by atoms with Gasteiger partial charge in [-0.05, 0) is 30.5 Å². The van der Waals surface area contributed by atoms with Crippen molar-refractivity contribution in [1.82, 2.24) is 10.2 Å². The lowest BCUT2D eigenvalue weighted by molar-refractivity contribution is -0.135. The first-order chi connectivity index (χ1) is 8.34. The molecule has 1 aromatic rings. The molecular weight excluding hydrogens is 248 g/mol. The molecule has 0 radical (unpaired) electrons. The second kappa shape index (κ2) is 5.72. The Labute approximate surface area is 114 Å². The molecular formula is C14H19ClN2O. The van der Waals surface area contributed by atoms with Crippen molar-refractivity contribution in [3.63, 3.8) is 0 Å². The SMILES string of the molecule is Cl.O=C(C1CCNC1)N1CCc2ccccc2C1. The molecule has 1 unspecified atom stereocenters. The van der Waals surface area contributed by atoms with Crippen molar-refractivity contribution in [3.05, 3.63) is 35.4 Å². The Hall–Kier alpha value is -1.06. The number of halogens is 1. The van der Waals surface area contributed by atoms with E-state index < -0.39 is 0 Å². The molecule has 1 aromatic carbocycles. The summed E-state index contributed by atoms with van der Waals surface area (Å²) in [7, 11) is 0. The van der Waals surface area contributed by atoms with Gasteiger partial charge in [-0.3, -0.25) is 4.79 Å². The smallest absolute Gasteiger partial charge is 0.227 e. The molecule has 0 saturated carbocycles. The number of hydrogen-bond acceptors (Lipinski definition) is 2. The van der Waals surface area contributed by atoms with Crippen LogP contribution in [0, 0.1) is 5.92 Å². The Morgan fingerprint density at radius 3 is 2.78 bits per heavy atom. The average molecular weight is 267 g/mol. The van der Waals surface area contributed by atoms with Gasteiger partial charge in [0.1, 0.15) is 0 Å². The lowest BCUT2D eigenvalue weighted by Crippen LogP contribution is -2.40. The third-order valence-electron chi connectivity index (χ3n) is 3.85. The van der Waals surface area contributed by atoms with Crippen LogP contribution in [0.1, 0.15) is 17.5 Å². The molecule has 2 aliphatic rings. The molecule has 0 aliphatic carbocycles. The molecule has 98 valence electrons. The summed E-state index contributed by atoms with van der Waals surface area (Å²) in [6.07, 6.45) is 2.00. The summed E-state index contributed by atoms with van der Waals surface area (Å²) in [6, 6.07) is 8.46. The van der Waals surface area contributed by atoms with Crippen LogP contribution in [0.3, 0.4) is 0 Å². The van der Waals surface area contributed by atoms with E-state index in [-0.39, 0.29) is 18.3 Å². The molecule has 1 atom stereocenters. The summed E-state index contributed by atoms with van der Waals surface area (Å²) in [5.41, 5.74) is 2.72. The van der Waals surface area contributed by atoms with Crippen molar-refractivity contribution >= 4 is 18.3 Å². The summed E-state index contributed by atoms with van der Waals surface area (Å²) in [5.74, 6) is 0.546. The van der Waals surface area contributed by atoms with Gasteiger partial charge in [0.25, 0.3) is 0 Å². The highest BCUT2D eigenvalue weighted by atomic mass is 35.5. The highest BCUT2D eigenvalue weighted by Gasteiger charge is 2.28. The summed E-state index contributed by atoms with van der Waals surface area (Å²) >= 11 is 0. The average Bonchev–Trinajstić information content (AvgIpc) is 2.91. The maximum atomic E-state index is 12.3. The molecule has 0 spiro atoms. The third-order valence-corrected chi connectivity index (χ3v) is 3.85. The predicted molar refractivity (Wildman–Crippen MR) is 73.8 cm³/mol. The molecule has 18 heavy (non-hydrogen) atoms. The van der Waals surface area contributed by atoms with Crippen LogP contribution < -0.4 is 5.32 Å². The second-order valence-corrected chi connectivity index (χ2v) is 4.97. The van der Waals surface area contributed by atoms with Crippen molar-refractivity contribution < 1.29 is 4.79 Å². The Bertz CT molecular complexity index is 430. The van der Waals surface area contributed by atoms with Gasteiger partial charge in [-0.2, -0.15) is 0 Å². The van der Waals surface area contributed by atoms with Crippen LogP contribution in [0.4, 0.5) is 0 Å². The first kappa shape index (κ1) is 13.4. The van der Waals surface area contributed by atoms with Crippen LogP contribution in [-0.4, -0.2) is 30.4 Å². The van der Waals surface area contributed by atoms with Gasteiger partial charge in [0.15, 0.2) is 0 Å². The molecule has 1 saturated heterocycles. The van der Waals surface area contributed by atoms with Gasteiger partial charge in [-0.25, -0.2) is 0 Å². The summed E-state index contributed by atoms with van der Waals surface area (Å²) in [5, 5.41) is 3.26. The van der Waals surface area contributed by atoms with Gasteiger partial charge < -0.3 is 10.2 Å². The fourth-order valence-electron chi connectivity index (χ4n) is 2.81. The number of hydrogen-bond donors (Lipinski definition) is 1. The van der Waals surface area contributed by atoms with E-state index in [0.29, 0.717) is 5.91 Å². The summed E-state index contributed by atoms with van der Waals surface area (Å²) < 4.78 is 0. The Balaban J connectivity index is 0.00000120. The zero-order valence-corrected chi connectivity index (χ0v) is 11.2. The van der Waals surface area contributed by atoms with E-state index in [4.69, 9.17) is 0 Å². The second-order valence-electron chi connectivity index (χ2n) is 4.97. The van der Waals surface area contributed by atoms with E-state index in [0.717, 1.165) is 39.0 Å². The highest BCUT2D eigenvalue weighted by molar-refractivity contribution is 5.85. The Morgan fingerprint density at radius 1 is 1.28 bits per heavy atom. The molecule has 4 heteroatoms. The zero-order chi connectivity index (χ0) is 11.7. The minimum atomic E-state index is 0. The van der Waals surface area contributed by atoms with Gasteiger partial charge in [0, 0.05) is 19.6 Å². The molecule has 0 bridgehead atoms. The molecule has 3 rings (SSSR count). The first-order valence-electron chi connectivity index (χ1n) is 6.41. The van der Waals surface area contributed by atoms with E-state index in [2.05, 4.69) is 29.6 Å². The summed E-state index contributed by atoms with van der Waals surface area (Å²) in [6.45, 7) is 3.52. The van der Waals surface area contributed by atoms with E-state index in [9.17, 15) is 4.79 Å². The molecule has 1 fully saturated rings. The normalized spacial score (nSPS) is 22.2. The van der Waals surface area contributed by atoms with Crippen LogP contribution >= 0.6 is 12.4 Å². The molecule has 2 heterocycles. The number of benzene rings is 1. The van der Waals surface area contributed by atoms with Crippen LogP contribution in [0.25, 0.3) is 0 Å². The Kier molecular flexibility index (Phi) is 4.25. The topological polar surface area (TPSA) is 32.3 Å². The van der Waals surface area contributed by atoms with Crippen molar-refractivity contribution in [2.45, 2.75) is 19.4 Å². The first-order valence-corrected chi connectivity index (χ1v) is 6.41. The lowest BCUT2D eigenvalue weighted by atomic mass is 9.98. The fraction of sp³-hybridized carbons (Fsp3) is 0.500. The minimum absolute atomic E-state index is 0. The molecule has 1 N–H and O–H groups in total. The van der Waals surface area contributed by atoms with Crippen molar-refractivity contribution in [3.8, 4) is 0 Å². The van der Waals surface area contributed by atoms with Crippen molar-refractivity contribution in [2.24, 2.45) is 5.92 Å². The van der Waals surface area contributed by atoms with Crippen LogP contribution in [0.5, 0.6) is 0 Å². The van der Waals surface area contributed by atoms with Crippen LogP contribution in [0.2, 0.25) is 0 Å². The molecule has 0 aromatic heterocycles. The molecule has 1 amide bonds. The minimum Gasteiger partial charge on any atom is -0.338 e. The largest absolute Gasteiger partial charge is 0.338 e. The van der Waals surface area contributed by atoms with E-state index in [1.54, 1.807) is 0 Å². The lowest BCUT2D eigenvalue weighted by Gasteiger charge is -2.30. The molecule has 3 nitrogen and oxygen atoms in total. The third kappa shape index (κ3) is 2.52. The predicted octanol–water partition coefficient (Wildman–Crippen LogP) is 1.60. The van der Waals surface area contributed by atoms with E-state index in [1.165, 1.54) is 11.1 Å². The summed E-state index contributed by atoms with van der Waals surface area (Å²) in [4.78, 5) is 14.3. The van der Waals surface area contributed by atoms with Crippen LogP contribution in [0.15, 0.2) is 24.3 Å². The number of carbonyl (C=O) groups excluding carboxylic acids is 1. The maximum absolute atomic E-state index is 12.3. The number of nitrogens with one attached hydrogen (secondary N) is 1. The van der Waals surface area contributed by atoms with Gasteiger partial charge in [0.2, 0.25) is 5.91 Å². The standard InChI is InChI=1S/C14H18N2O.ClH/c17-14(12-5-7-15-9-12)16-8-6-11-3-1-2-4-13(11)10-16;/h1-4,12,15H,5-10H2;1H. The van der Waals surface area contributed by atoms with E-state index in [1.807, 2.05) is 4.90 Å². The number of rotatable bonds is 1. The van der Waals surface area contributed by atoms with Crippen molar-refractivity contribution in [2.75, 3.05) is 19.6 Å². The number of amides is 1. The zero-order valence-electron chi connectivity index (χ0n) is 10.4. The highest BCUT2D eigenvalue weighted by Crippen LogP contribution is 2.21. The quantitative estimate of drug-likeness (QED) is 0.838. The Morgan fingerprint density at radius 2 is 2.06 bits per heavy atom. The maximum Gasteiger partial charge on any atom is 0.227 e. The number of carbonyl (C=O) groups is 1. The fourth-order valence-corrected chi connectivity index (χ4v) is 2.81. The molecule has 2 aliphatic heterocycles. The van der Waals surface area contributed by atoms with Crippen LogP contribution in [-0.2, 0) is 17.8 Å². The van der Waals surface area contributed by atoms with Gasteiger partial charge in [0.05, 0.1) is 5.92 Å². The number of nitrogens with zero attached hydrogens (tertiary/aromatic N) is 1.